The van der Waals surface area contributed by atoms with Gasteiger partial charge in [0.1, 0.15) is 0 Å². The first-order valence-electron chi connectivity index (χ1n) is 6.56. The molecule has 1 saturated carbocycles. The lowest BCUT2D eigenvalue weighted by Crippen LogP contribution is -2.31. The number of benzene rings is 1. The molecule has 104 valence electrons. The number of nitrogens with one attached hydrogen (secondary N) is 1. The predicted molar refractivity (Wildman–Crippen MR) is 73.8 cm³/mol. The van der Waals surface area contributed by atoms with Crippen molar-refractivity contribution in [2.24, 2.45) is 11.1 Å². The summed E-state index contributed by atoms with van der Waals surface area (Å²) in [5, 5.41) is 10.7. The summed E-state index contributed by atoms with van der Waals surface area (Å²) >= 11 is 0. The van der Waals surface area contributed by atoms with Crippen molar-refractivity contribution in [3.05, 3.63) is 30.2 Å². The Labute approximate surface area is 116 Å². The van der Waals surface area contributed by atoms with Crippen molar-refractivity contribution < 1.29 is 9.21 Å². The number of nitrogens with two attached hydrogens (primary N) is 1. The Morgan fingerprint density at radius 3 is 2.75 bits per heavy atom. The second-order valence-corrected chi connectivity index (χ2v) is 5.11. The summed E-state index contributed by atoms with van der Waals surface area (Å²) in [5.41, 5.74) is 6.67. The SMILES string of the molecule is Cc1nnc(-c2ccccc2NC(=O)C2(CN)CC2)o1. The van der Waals surface area contributed by atoms with Gasteiger partial charge in [-0.2, -0.15) is 0 Å². The van der Waals surface area contributed by atoms with E-state index < -0.39 is 5.41 Å². The summed E-state index contributed by atoms with van der Waals surface area (Å²) in [4.78, 5) is 12.3. The fourth-order valence-electron chi connectivity index (χ4n) is 2.11. The summed E-state index contributed by atoms with van der Waals surface area (Å²) < 4.78 is 5.42. The van der Waals surface area contributed by atoms with Gasteiger partial charge in [0.2, 0.25) is 17.7 Å². The van der Waals surface area contributed by atoms with Crippen LogP contribution in [0.3, 0.4) is 0 Å². The minimum absolute atomic E-state index is 0.0383. The largest absolute Gasteiger partial charge is 0.421 e. The molecule has 6 nitrogen and oxygen atoms in total. The van der Waals surface area contributed by atoms with Crippen LogP contribution < -0.4 is 11.1 Å². The molecule has 0 radical (unpaired) electrons. The topological polar surface area (TPSA) is 94.0 Å². The second-order valence-electron chi connectivity index (χ2n) is 5.11. The zero-order chi connectivity index (χ0) is 14.2. The molecule has 1 aliphatic rings. The Morgan fingerprint density at radius 2 is 2.15 bits per heavy atom. The highest BCUT2D eigenvalue weighted by Gasteiger charge is 2.48. The Hall–Kier alpha value is -2.21. The molecule has 2 aromatic rings. The average Bonchev–Trinajstić information content (AvgIpc) is 3.15. The predicted octanol–water partition coefficient (Wildman–Crippen LogP) is 1.72. The van der Waals surface area contributed by atoms with Crippen molar-refractivity contribution in [1.29, 1.82) is 0 Å². The van der Waals surface area contributed by atoms with Crippen molar-refractivity contribution in [3.63, 3.8) is 0 Å². The molecule has 0 saturated heterocycles. The van der Waals surface area contributed by atoms with E-state index in [-0.39, 0.29) is 5.91 Å². The lowest BCUT2D eigenvalue weighted by molar-refractivity contribution is -0.120. The van der Waals surface area contributed by atoms with Gasteiger partial charge in [0, 0.05) is 13.5 Å². The molecule has 0 spiro atoms. The third-order valence-electron chi connectivity index (χ3n) is 3.66. The van der Waals surface area contributed by atoms with E-state index >= 15 is 0 Å². The van der Waals surface area contributed by atoms with E-state index in [1.165, 1.54) is 0 Å². The minimum Gasteiger partial charge on any atom is -0.421 e. The molecular formula is C14H16N4O2. The first kappa shape index (κ1) is 12.8. The Kier molecular flexibility index (Phi) is 3.02. The fraction of sp³-hybridized carbons (Fsp3) is 0.357. The Bertz CT molecular complexity index is 646. The van der Waals surface area contributed by atoms with Gasteiger partial charge in [-0.1, -0.05) is 12.1 Å². The zero-order valence-electron chi connectivity index (χ0n) is 11.2. The Balaban J connectivity index is 1.89. The first-order valence-corrected chi connectivity index (χ1v) is 6.56. The number of carbonyl (C=O) groups is 1. The van der Waals surface area contributed by atoms with E-state index in [0.29, 0.717) is 29.6 Å². The average molecular weight is 272 g/mol. The van der Waals surface area contributed by atoms with Crippen LogP contribution in [-0.2, 0) is 4.79 Å². The lowest BCUT2D eigenvalue weighted by Gasteiger charge is -2.14. The summed E-state index contributed by atoms with van der Waals surface area (Å²) in [5.74, 6) is 0.849. The van der Waals surface area contributed by atoms with Crippen molar-refractivity contribution in [3.8, 4) is 11.5 Å². The fourth-order valence-corrected chi connectivity index (χ4v) is 2.11. The molecule has 3 N–H and O–H groups in total. The van der Waals surface area contributed by atoms with E-state index in [9.17, 15) is 4.79 Å². The molecule has 0 unspecified atom stereocenters. The monoisotopic (exact) mass is 272 g/mol. The van der Waals surface area contributed by atoms with Crippen molar-refractivity contribution in [1.82, 2.24) is 10.2 Å². The molecule has 0 bridgehead atoms. The van der Waals surface area contributed by atoms with Gasteiger partial charge in [0.25, 0.3) is 0 Å². The maximum Gasteiger partial charge on any atom is 0.249 e. The third kappa shape index (κ3) is 2.18. The van der Waals surface area contributed by atoms with Gasteiger partial charge in [-0.15, -0.1) is 10.2 Å². The molecule has 0 aliphatic heterocycles. The number of amides is 1. The van der Waals surface area contributed by atoms with E-state index in [4.69, 9.17) is 10.2 Å². The molecule has 0 atom stereocenters. The number of hydrogen-bond donors (Lipinski definition) is 2. The van der Waals surface area contributed by atoms with Gasteiger partial charge in [-0.3, -0.25) is 4.79 Å². The van der Waals surface area contributed by atoms with E-state index in [2.05, 4.69) is 15.5 Å². The summed E-state index contributed by atoms with van der Waals surface area (Å²) in [6.45, 7) is 2.10. The lowest BCUT2D eigenvalue weighted by atomic mass is 10.1. The smallest absolute Gasteiger partial charge is 0.249 e. The first-order chi connectivity index (χ1) is 9.64. The van der Waals surface area contributed by atoms with Gasteiger partial charge in [0.15, 0.2) is 0 Å². The molecule has 1 heterocycles. The van der Waals surface area contributed by atoms with E-state index in [0.717, 1.165) is 12.8 Å². The molecule has 3 rings (SSSR count). The van der Waals surface area contributed by atoms with Crippen LogP contribution >= 0.6 is 0 Å². The van der Waals surface area contributed by atoms with Crippen LogP contribution in [0.5, 0.6) is 0 Å². The molecule has 1 aromatic carbocycles. The van der Waals surface area contributed by atoms with Crippen LogP contribution in [-0.4, -0.2) is 22.6 Å². The molecular weight excluding hydrogens is 256 g/mol. The number of anilines is 1. The maximum absolute atomic E-state index is 12.3. The van der Waals surface area contributed by atoms with Crippen LogP contribution in [0.2, 0.25) is 0 Å². The highest BCUT2D eigenvalue weighted by molar-refractivity contribution is 5.99. The number of hydrogen-bond acceptors (Lipinski definition) is 5. The quantitative estimate of drug-likeness (QED) is 0.883. The summed E-state index contributed by atoms with van der Waals surface area (Å²) in [6.07, 6.45) is 1.69. The normalized spacial score (nSPS) is 15.9. The van der Waals surface area contributed by atoms with Gasteiger partial charge in [0.05, 0.1) is 16.7 Å². The number of nitrogens with zero attached hydrogens (tertiary/aromatic N) is 2. The van der Waals surface area contributed by atoms with Crippen LogP contribution in [0.4, 0.5) is 5.69 Å². The number of carbonyl (C=O) groups excluding carboxylic acids is 1. The number of aryl methyl sites for hydroxylation is 1. The third-order valence-corrected chi connectivity index (χ3v) is 3.66. The Morgan fingerprint density at radius 1 is 1.40 bits per heavy atom. The molecule has 1 aliphatic carbocycles. The van der Waals surface area contributed by atoms with E-state index in [1.807, 2.05) is 24.3 Å². The van der Waals surface area contributed by atoms with Gasteiger partial charge < -0.3 is 15.5 Å². The van der Waals surface area contributed by atoms with Crippen molar-refractivity contribution in [2.45, 2.75) is 19.8 Å². The molecule has 6 heteroatoms. The highest BCUT2D eigenvalue weighted by atomic mass is 16.4. The van der Waals surface area contributed by atoms with Crippen molar-refractivity contribution >= 4 is 11.6 Å². The second kappa shape index (κ2) is 4.72. The summed E-state index contributed by atoms with van der Waals surface area (Å²) in [7, 11) is 0. The standard InChI is InChI=1S/C14H16N4O2/c1-9-17-18-12(20-9)10-4-2-3-5-11(10)16-13(19)14(8-15)6-7-14/h2-5H,6-8,15H2,1H3,(H,16,19). The molecule has 1 aromatic heterocycles. The highest BCUT2D eigenvalue weighted by Crippen LogP contribution is 2.45. The molecule has 1 amide bonds. The molecule has 1 fully saturated rings. The van der Waals surface area contributed by atoms with E-state index in [1.54, 1.807) is 6.92 Å². The van der Waals surface area contributed by atoms with Crippen LogP contribution in [0.15, 0.2) is 28.7 Å². The number of aromatic nitrogens is 2. The number of para-hydroxylation sites is 1. The molecule has 20 heavy (non-hydrogen) atoms. The maximum atomic E-state index is 12.3. The summed E-state index contributed by atoms with van der Waals surface area (Å²) in [6, 6.07) is 7.37. The van der Waals surface area contributed by atoms with Gasteiger partial charge in [-0.25, -0.2) is 0 Å². The van der Waals surface area contributed by atoms with Crippen molar-refractivity contribution in [2.75, 3.05) is 11.9 Å². The van der Waals surface area contributed by atoms with Crippen LogP contribution in [0, 0.1) is 12.3 Å². The minimum atomic E-state index is -0.391. The number of rotatable bonds is 4. The van der Waals surface area contributed by atoms with Gasteiger partial charge >= 0.3 is 0 Å². The van der Waals surface area contributed by atoms with Crippen LogP contribution in [0.1, 0.15) is 18.7 Å². The zero-order valence-corrected chi connectivity index (χ0v) is 11.2. The van der Waals surface area contributed by atoms with Gasteiger partial charge in [-0.05, 0) is 25.0 Å². The van der Waals surface area contributed by atoms with Crippen LogP contribution in [0.25, 0.3) is 11.5 Å².